The lowest BCUT2D eigenvalue weighted by molar-refractivity contribution is -0.137. The monoisotopic (exact) mass is 145 g/mol. The second kappa shape index (κ2) is 4.77. The van der Waals surface area contributed by atoms with E-state index in [9.17, 15) is 4.79 Å². The summed E-state index contributed by atoms with van der Waals surface area (Å²) in [4.78, 5) is 10.0. The predicted octanol–water partition coefficient (Wildman–Crippen LogP) is -0.204. The highest BCUT2D eigenvalue weighted by Gasteiger charge is 2.06. The number of aliphatic carboxylic acids is 1. The molecular formula is C4H9BNO2P. The number of rotatable bonds is 4. The first-order chi connectivity index (χ1) is 4.20. The van der Waals surface area contributed by atoms with Gasteiger partial charge in [-0.25, -0.2) is 0 Å². The molecule has 0 aromatic heterocycles. The average Bonchev–Trinajstić information content (AvgIpc) is 1.82. The van der Waals surface area contributed by atoms with Crippen molar-refractivity contribution in [3.8, 4) is 0 Å². The van der Waals surface area contributed by atoms with Gasteiger partial charge in [0.25, 0.3) is 0 Å². The number of carbonyl (C=O) groups is 1. The molecule has 5 heteroatoms. The third-order valence-electron chi connectivity index (χ3n) is 0.941. The molecule has 2 radical (unpaired) electrons. The zero-order chi connectivity index (χ0) is 7.28. The molecule has 0 aromatic carbocycles. The summed E-state index contributed by atoms with van der Waals surface area (Å²) in [6, 6.07) is -0.132. The molecule has 3 nitrogen and oxygen atoms in total. The molecule has 0 spiro atoms. The smallest absolute Gasteiger partial charge is 0.304 e. The second-order valence-corrected chi connectivity index (χ2v) is 2.03. The van der Waals surface area contributed by atoms with Crippen LogP contribution >= 0.6 is 9.39 Å². The first-order valence-corrected chi connectivity index (χ1v) is 3.16. The highest BCUT2D eigenvalue weighted by molar-refractivity contribution is 7.13. The molecule has 0 fully saturated rings. The van der Waals surface area contributed by atoms with Crippen LogP contribution in [0.3, 0.4) is 0 Å². The van der Waals surface area contributed by atoms with Crippen LogP contribution in [0.4, 0.5) is 0 Å². The van der Waals surface area contributed by atoms with Gasteiger partial charge in [-0.2, -0.15) is 0 Å². The minimum Gasteiger partial charge on any atom is -0.481 e. The molecule has 0 saturated carbocycles. The predicted molar refractivity (Wildman–Crippen MR) is 39.4 cm³/mol. The maximum absolute atomic E-state index is 10.0. The maximum Gasteiger partial charge on any atom is 0.304 e. The Hall–Kier alpha value is -0.0751. The highest BCUT2D eigenvalue weighted by Crippen LogP contribution is 1.97. The third-order valence-corrected chi connectivity index (χ3v) is 1.41. The molecule has 0 aromatic rings. The number of carboxylic acid groups (broad SMARTS) is 1. The van der Waals surface area contributed by atoms with Gasteiger partial charge in [0.15, 0.2) is 0 Å². The molecule has 0 heterocycles. The fourth-order valence-electron chi connectivity index (χ4n) is 0.421. The molecule has 0 amide bonds. The Morgan fingerprint density at radius 3 is 2.56 bits per heavy atom. The lowest BCUT2D eigenvalue weighted by Crippen LogP contribution is -2.22. The van der Waals surface area contributed by atoms with Crippen molar-refractivity contribution in [3.05, 3.63) is 0 Å². The van der Waals surface area contributed by atoms with E-state index in [1.54, 1.807) is 0 Å². The van der Waals surface area contributed by atoms with E-state index in [0.29, 0.717) is 6.32 Å². The lowest BCUT2D eigenvalue weighted by Gasteiger charge is -2.08. The summed E-state index contributed by atoms with van der Waals surface area (Å²) >= 11 is 0. The van der Waals surface area contributed by atoms with E-state index in [4.69, 9.17) is 13.0 Å². The molecule has 0 bridgehead atoms. The van der Waals surface area contributed by atoms with Gasteiger partial charge in [-0.05, 0) is 0 Å². The second-order valence-electron chi connectivity index (χ2n) is 1.70. The van der Waals surface area contributed by atoms with Crippen LogP contribution < -0.4 is 5.09 Å². The van der Waals surface area contributed by atoms with Crippen molar-refractivity contribution in [2.75, 3.05) is 0 Å². The summed E-state index contributed by atoms with van der Waals surface area (Å²) in [5, 5.41) is 10.9. The van der Waals surface area contributed by atoms with E-state index in [1.165, 1.54) is 0 Å². The third kappa shape index (κ3) is 4.43. The maximum atomic E-state index is 10.0. The van der Waals surface area contributed by atoms with Crippen molar-refractivity contribution in [1.29, 1.82) is 0 Å². The van der Waals surface area contributed by atoms with Crippen LogP contribution in [0, 0.1) is 0 Å². The van der Waals surface area contributed by atoms with E-state index in [2.05, 4.69) is 14.5 Å². The van der Waals surface area contributed by atoms with Gasteiger partial charge in [0.2, 0.25) is 0 Å². The van der Waals surface area contributed by atoms with Gasteiger partial charge in [0, 0.05) is 6.04 Å². The van der Waals surface area contributed by atoms with Crippen LogP contribution in [0.15, 0.2) is 0 Å². The Kier molecular flexibility index (Phi) is 4.73. The van der Waals surface area contributed by atoms with E-state index in [1.807, 2.05) is 0 Å². The van der Waals surface area contributed by atoms with E-state index < -0.39 is 5.97 Å². The van der Waals surface area contributed by atoms with Crippen LogP contribution in [0.25, 0.3) is 0 Å². The van der Waals surface area contributed by atoms with Crippen molar-refractivity contribution in [1.82, 2.24) is 5.09 Å². The standard InChI is InChI=1S/C4H9BNO2P/c5-2-3(6-9)1-4(7)8/h3,6H,1-2,9H2,(H,7,8)/t3-/m0/s1. The van der Waals surface area contributed by atoms with Crippen LogP contribution in [-0.2, 0) is 4.79 Å². The summed E-state index contributed by atoms with van der Waals surface area (Å²) in [7, 11) is 7.43. The number of nitrogens with one attached hydrogen (secondary N) is 1. The summed E-state index contributed by atoms with van der Waals surface area (Å²) in [5.74, 6) is -0.833. The minimum absolute atomic E-state index is 0.0694. The van der Waals surface area contributed by atoms with Crippen LogP contribution in [0.1, 0.15) is 6.42 Å². The molecular weight excluding hydrogens is 136 g/mol. The Morgan fingerprint density at radius 1 is 1.89 bits per heavy atom. The zero-order valence-corrected chi connectivity index (χ0v) is 6.16. The fourth-order valence-corrected chi connectivity index (χ4v) is 0.675. The first-order valence-electron chi connectivity index (χ1n) is 2.58. The van der Waals surface area contributed by atoms with Gasteiger partial charge >= 0.3 is 5.97 Å². The molecule has 0 aliphatic carbocycles. The highest BCUT2D eigenvalue weighted by atomic mass is 31.0. The van der Waals surface area contributed by atoms with Crippen molar-refractivity contribution in [3.63, 3.8) is 0 Å². The van der Waals surface area contributed by atoms with Crippen LogP contribution in [0.2, 0.25) is 6.32 Å². The normalized spacial score (nSPS) is 13.0. The summed E-state index contributed by atoms with van der Waals surface area (Å²) < 4.78 is 0. The average molecular weight is 145 g/mol. The SMILES string of the molecule is [B]C[C@H](CC(=O)O)NP. The Morgan fingerprint density at radius 2 is 2.44 bits per heavy atom. The minimum atomic E-state index is -0.833. The van der Waals surface area contributed by atoms with Gasteiger partial charge in [-0.15, -0.1) is 0 Å². The molecule has 2 N–H and O–H groups in total. The zero-order valence-electron chi connectivity index (χ0n) is 5.00. The molecule has 0 saturated heterocycles. The first kappa shape index (κ1) is 8.92. The van der Waals surface area contributed by atoms with E-state index in [-0.39, 0.29) is 12.5 Å². The molecule has 0 aliphatic heterocycles. The van der Waals surface area contributed by atoms with Crippen LogP contribution in [-0.4, -0.2) is 25.0 Å². The number of hydrogen-bond acceptors (Lipinski definition) is 2. The summed E-state index contributed by atoms with van der Waals surface area (Å²) in [6.45, 7) is 0. The molecule has 0 aliphatic rings. The topological polar surface area (TPSA) is 49.3 Å². The quantitative estimate of drug-likeness (QED) is 0.425. The van der Waals surface area contributed by atoms with E-state index >= 15 is 0 Å². The van der Waals surface area contributed by atoms with Gasteiger partial charge in [0.1, 0.15) is 0 Å². The van der Waals surface area contributed by atoms with E-state index in [0.717, 1.165) is 0 Å². The van der Waals surface area contributed by atoms with Crippen molar-refractivity contribution in [2.24, 2.45) is 0 Å². The van der Waals surface area contributed by atoms with Gasteiger partial charge in [-0.3, -0.25) is 9.88 Å². The lowest BCUT2D eigenvalue weighted by atomic mass is 9.96. The number of carboxylic acids is 1. The van der Waals surface area contributed by atoms with Gasteiger partial charge in [0.05, 0.1) is 14.3 Å². The number of hydrogen-bond donors (Lipinski definition) is 2. The Bertz CT molecular complexity index is 96.6. The molecule has 0 rings (SSSR count). The summed E-state index contributed by atoms with van der Waals surface area (Å²) in [6.07, 6.45) is 0.413. The largest absolute Gasteiger partial charge is 0.481 e. The molecule has 9 heavy (non-hydrogen) atoms. The fraction of sp³-hybridized carbons (Fsp3) is 0.750. The van der Waals surface area contributed by atoms with Gasteiger partial charge in [-0.1, -0.05) is 15.7 Å². The molecule has 50 valence electrons. The molecule has 1 unspecified atom stereocenters. The molecule has 2 atom stereocenters. The Labute approximate surface area is 57.9 Å². The van der Waals surface area contributed by atoms with Gasteiger partial charge < -0.3 is 5.11 Å². The van der Waals surface area contributed by atoms with Crippen LogP contribution in [0.5, 0.6) is 0 Å². The van der Waals surface area contributed by atoms with Crippen molar-refractivity contribution in [2.45, 2.75) is 18.8 Å². The van der Waals surface area contributed by atoms with Crippen molar-refractivity contribution >= 4 is 23.2 Å². The summed E-state index contributed by atoms with van der Waals surface area (Å²) in [5.41, 5.74) is 0. The Balaban J connectivity index is 3.43. The van der Waals surface area contributed by atoms with Crippen molar-refractivity contribution < 1.29 is 9.90 Å².